The lowest BCUT2D eigenvalue weighted by atomic mass is 10.0. The van der Waals surface area contributed by atoms with Crippen molar-refractivity contribution in [3.63, 3.8) is 0 Å². The molecule has 0 atom stereocenters. The second-order valence-corrected chi connectivity index (χ2v) is 7.19. The van der Waals surface area contributed by atoms with Gasteiger partial charge in [-0.05, 0) is 43.7 Å². The van der Waals surface area contributed by atoms with Crippen LogP contribution in [0.15, 0.2) is 36.7 Å². The molecular formula is C22H21FN4O. The minimum Gasteiger partial charge on any atom is -0.488 e. The van der Waals surface area contributed by atoms with Crippen LogP contribution in [0, 0.1) is 31.0 Å². The summed E-state index contributed by atoms with van der Waals surface area (Å²) in [5.74, 6) is 0.490. The summed E-state index contributed by atoms with van der Waals surface area (Å²) in [4.78, 5) is 10.7. The van der Waals surface area contributed by atoms with Gasteiger partial charge in [0.1, 0.15) is 23.7 Å². The van der Waals surface area contributed by atoms with Crippen molar-refractivity contribution >= 4 is 16.6 Å². The summed E-state index contributed by atoms with van der Waals surface area (Å²) in [5.41, 5.74) is 3.97. The van der Waals surface area contributed by atoms with Gasteiger partial charge in [-0.2, -0.15) is 5.26 Å². The summed E-state index contributed by atoms with van der Waals surface area (Å²) in [5, 5.41) is 10.2. The smallest absolute Gasteiger partial charge is 0.140 e. The minimum atomic E-state index is -0.328. The lowest BCUT2D eigenvalue weighted by Gasteiger charge is -2.34. The van der Waals surface area contributed by atoms with Gasteiger partial charge in [-0.1, -0.05) is 0 Å². The van der Waals surface area contributed by atoms with Crippen LogP contribution < -0.4 is 9.64 Å². The van der Waals surface area contributed by atoms with E-state index in [-0.39, 0.29) is 11.9 Å². The Morgan fingerprint density at radius 1 is 1.14 bits per heavy atom. The van der Waals surface area contributed by atoms with Crippen molar-refractivity contribution in [2.24, 2.45) is 0 Å². The van der Waals surface area contributed by atoms with E-state index in [0.717, 1.165) is 48.6 Å². The summed E-state index contributed by atoms with van der Waals surface area (Å²) in [6.45, 7) is 5.44. The van der Waals surface area contributed by atoms with Gasteiger partial charge in [0.05, 0.1) is 23.0 Å². The third kappa shape index (κ3) is 3.48. The third-order valence-electron chi connectivity index (χ3n) is 5.17. The molecule has 2 aromatic heterocycles. The number of halogens is 1. The van der Waals surface area contributed by atoms with Gasteiger partial charge in [-0.25, -0.2) is 4.39 Å². The molecule has 0 bridgehead atoms. The number of nitrogens with zero attached hydrogens (tertiary/aromatic N) is 4. The highest BCUT2D eigenvalue weighted by Crippen LogP contribution is 2.32. The molecular weight excluding hydrogens is 355 g/mol. The first-order chi connectivity index (χ1) is 13.5. The number of pyridine rings is 2. The van der Waals surface area contributed by atoms with Gasteiger partial charge in [0, 0.05) is 43.2 Å². The van der Waals surface area contributed by atoms with Crippen molar-refractivity contribution in [1.29, 1.82) is 5.26 Å². The molecule has 0 unspecified atom stereocenters. The number of hydrogen-bond donors (Lipinski definition) is 0. The Hall–Kier alpha value is -3.20. The normalized spacial score (nSPS) is 14.9. The van der Waals surface area contributed by atoms with E-state index in [0.29, 0.717) is 16.5 Å². The van der Waals surface area contributed by atoms with Crippen LogP contribution in [-0.2, 0) is 0 Å². The van der Waals surface area contributed by atoms with Crippen LogP contribution >= 0.6 is 0 Å². The van der Waals surface area contributed by atoms with Crippen LogP contribution in [0.3, 0.4) is 0 Å². The maximum absolute atomic E-state index is 13.8. The molecule has 0 N–H and O–H groups in total. The Bertz CT molecular complexity index is 1070. The van der Waals surface area contributed by atoms with Crippen LogP contribution in [0.25, 0.3) is 10.9 Å². The molecule has 5 nitrogen and oxygen atoms in total. The third-order valence-corrected chi connectivity index (χ3v) is 5.17. The number of benzene rings is 1. The number of nitriles is 1. The van der Waals surface area contributed by atoms with Gasteiger partial charge in [-0.3, -0.25) is 9.97 Å². The number of fused-ring (bicyclic) bond motifs is 1. The topological polar surface area (TPSA) is 62.0 Å². The predicted octanol–water partition coefficient (Wildman–Crippen LogP) is 4.31. The fourth-order valence-electron chi connectivity index (χ4n) is 3.76. The van der Waals surface area contributed by atoms with E-state index in [1.807, 2.05) is 19.9 Å². The van der Waals surface area contributed by atoms with Crippen molar-refractivity contribution in [2.75, 3.05) is 18.0 Å². The van der Waals surface area contributed by atoms with E-state index in [1.54, 1.807) is 18.5 Å². The standard InChI is InChI=1S/C22H21FN4O/c1-14-9-15(2)25-13-21(14)28-18-5-7-27(8-6-18)22-16(11-24)12-26-20-4-3-17(23)10-19(20)22/h3-4,9-10,12-13,18H,5-8H2,1-2H3. The van der Waals surface area contributed by atoms with E-state index >= 15 is 0 Å². The average Bonchev–Trinajstić information content (AvgIpc) is 2.70. The Morgan fingerprint density at radius 3 is 2.64 bits per heavy atom. The summed E-state index contributed by atoms with van der Waals surface area (Å²) in [6, 6.07) is 8.72. The van der Waals surface area contributed by atoms with Crippen molar-refractivity contribution in [3.05, 3.63) is 59.3 Å². The van der Waals surface area contributed by atoms with Gasteiger partial charge in [0.25, 0.3) is 0 Å². The zero-order valence-electron chi connectivity index (χ0n) is 15.9. The Morgan fingerprint density at radius 2 is 1.93 bits per heavy atom. The maximum atomic E-state index is 13.8. The van der Waals surface area contributed by atoms with E-state index in [2.05, 4.69) is 20.9 Å². The SMILES string of the molecule is Cc1cc(C)c(OC2CCN(c3c(C#N)cnc4ccc(F)cc34)CC2)cn1. The summed E-state index contributed by atoms with van der Waals surface area (Å²) in [7, 11) is 0. The first-order valence-electron chi connectivity index (χ1n) is 9.38. The molecule has 1 aliphatic heterocycles. The second kappa shape index (κ2) is 7.43. The van der Waals surface area contributed by atoms with E-state index in [4.69, 9.17) is 4.74 Å². The summed E-state index contributed by atoms with van der Waals surface area (Å²) >= 11 is 0. The van der Waals surface area contributed by atoms with Gasteiger partial charge in [0.2, 0.25) is 0 Å². The lowest BCUT2D eigenvalue weighted by Crippen LogP contribution is -2.38. The van der Waals surface area contributed by atoms with E-state index < -0.39 is 0 Å². The highest BCUT2D eigenvalue weighted by atomic mass is 19.1. The van der Waals surface area contributed by atoms with Crippen LogP contribution in [-0.4, -0.2) is 29.2 Å². The number of aromatic nitrogens is 2. The number of piperidine rings is 1. The van der Waals surface area contributed by atoms with Gasteiger partial charge < -0.3 is 9.64 Å². The number of hydrogen-bond acceptors (Lipinski definition) is 5. The highest BCUT2D eigenvalue weighted by Gasteiger charge is 2.25. The van der Waals surface area contributed by atoms with Crippen molar-refractivity contribution < 1.29 is 9.13 Å². The van der Waals surface area contributed by atoms with Crippen molar-refractivity contribution in [1.82, 2.24) is 9.97 Å². The molecule has 0 amide bonds. The zero-order chi connectivity index (χ0) is 19.7. The molecule has 1 saturated heterocycles. The number of rotatable bonds is 3. The van der Waals surface area contributed by atoms with Crippen LogP contribution in [0.1, 0.15) is 29.7 Å². The summed E-state index contributed by atoms with van der Waals surface area (Å²) in [6.07, 6.45) is 5.08. The molecule has 0 aliphatic carbocycles. The fourth-order valence-corrected chi connectivity index (χ4v) is 3.76. The molecule has 1 fully saturated rings. The molecule has 28 heavy (non-hydrogen) atoms. The highest BCUT2D eigenvalue weighted by molar-refractivity contribution is 5.94. The fraction of sp³-hybridized carbons (Fsp3) is 0.318. The van der Waals surface area contributed by atoms with Gasteiger partial charge >= 0.3 is 0 Å². The van der Waals surface area contributed by atoms with Crippen molar-refractivity contribution in [3.8, 4) is 11.8 Å². The molecule has 0 spiro atoms. The molecule has 142 valence electrons. The Kier molecular flexibility index (Phi) is 4.82. The zero-order valence-corrected chi connectivity index (χ0v) is 15.9. The Balaban J connectivity index is 1.55. The monoisotopic (exact) mass is 376 g/mol. The molecule has 6 heteroatoms. The lowest BCUT2D eigenvalue weighted by molar-refractivity contribution is 0.169. The molecule has 4 rings (SSSR count). The minimum absolute atomic E-state index is 0.0924. The number of ether oxygens (including phenoxy) is 1. The predicted molar refractivity (Wildman–Crippen MR) is 106 cm³/mol. The first kappa shape index (κ1) is 18.2. The second-order valence-electron chi connectivity index (χ2n) is 7.19. The first-order valence-corrected chi connectivity index (χ1v) is 9.38. The molecule has 3 aromatic rings. The molecule has 3 heterocycles. The van der Waals surface area contributed by atoms with Crippen LogP contribution in [0.2, 0.25) is 0 Å². The maximum Gasteiger partial charge on any atom is 0.140 e. The van der Waals surface area contributed by atoms with Gasteiger partial charge in [0.15, 0.2) is 0 Å². The molecule has 0 radical (unpaired) electrons. The quantitative estimate of drug-likeness (QED) is 0.682. The molecule has 1 aromatic carbocycles. The molecule has 0 saturated carbocycles. The van der Waals surface area contributed by atoms with E-state index in [9.17, 15) is 9.65 Å². The van der Waals surface area contributed by atoms with Gasteiger partial charge in [-0.15, -0.1) is 0 Å². The molecule has 1 aliphatic rings. The summed E-state index contributed by atoms with van der Waals surface area (Å²) < 4.78 is 20.0. The van der Waals surface area contributed by atoms with Crippen LogP contribution in [0.5, 0.6) is 5.75 Å². The largest absolute Gasteiger partial charge is 0.488 e. The van der Waals surface area contributed by atoms with Crippen molar-refractivity contribution in [2.45, 2.75) is 32.8 Å². The number of anilines is 1. The Labute approximate surface area is 163 Å². The van der Waals surface area contributed by atoms with Crippen LogP contribution in [0.4, 0.5) is 10.1 Å². The number of aryl methyl sites for hydroxylation is 2. The average molecular weight is 376 g/mol. The van der Waals surface area contributed by atoms with E-state index in [1.165, 1.54) is 12.1 Å².